The summed E-state index contributed by atoms with van der Waals surface area (Å²) in [5.74, 6) is -0.601. The maximum atomic E-state index is 13.6. The van der Waals surface area contributed by atoms with Gasteiger partial charge in [-0.1, -0.05) is 38.5 Å². The first-order chi connectivity index (χ1) is 14.8. The normalized spacial score (nSPS) is 20.6. The lowest BCUT2D eigenvalue weighted by atomic mass is 9.89. The fourth-order valence-electron chi connectivity index (χ4n) is 4.73. The van der Waals surface area contributed by atoms with Crippen LogP contribution in [0.5, 0.6) is 0 Å². The Morgan fingerprint density at radius 1 is 1.03 bits per heavy atom. The van der Waals surface area contributed by atoms with Crippen LogP contribution in [-0.2, 0) is 23.5 Å². The van der Waals surface area contributed by atoms with E-state index in [-0.39, 0.29) is 31.7 Å². The highest BCUT2D eigenvalue weighted by Gasteiger charge is 2.52. The number of nitrogens with zero attached hydrogens (tertiary/aromatic N) is 1. The van der Waals surface area contributed by atoms with Crippen molar-refractivity contribution in [1.29, 1.82) is 0 Å². The third kappa shape index (κ3) is 7.75. The maximum Gasteiger partial charge on any atom is 0.438 e. The lowest BCUT2D eigenvalue weighted by Gasteiger charge is -2.41. The minimum atomic E-state index is -3.79. The second kappa shape index (κ2) is 12.6. The Morgan fingerprint density at radius 2 is 1.48 bits per heavy atom. The van der Waals surface area contributed by atoms with E-state index in [1.54, 1.807) is 27.7 Å². The monoisotopic (exact) mass is 459 g/mol. The summed E-state index contributed by atoms with van der Waals surface area (Å²) in [5.41, 5.74) is -1.99. The molecule has 8 heteroatoms. The molecule has 0 saturated heterocycles. The summed E-state index contributed by atoms with van der Waals surface area (Å²) in [6.07, 6.45) is 11.8. The molecule has 2 rings (SSSR count). The topological polar surface area (TPSA) is 91.0 Å². The van der Waals surface area contributed by atoms with Gasteiger partial charge < -0.3 is 9.73 Å². The number of rotatable bonds is 12. The molecule has 0 N–H and O–H groups in total. The Kier molecular flexibility index (Phi) is 10.8. The molecule has 31 heavy (non-hydrogen) atoms. The molecule has 0 aromatic rings. The van der Waals surface area contributed by atoms with Crippen LogP contribution in [0.2, 0.25) is 0 Å². The molecule has 179 valence electrons. The van der Waals surface area contributed by atoms with E-state index in [9.17, 15) is 14.5 Å². The summed E-state index contributed by atoms with van der Waals surface area (Å²) < 4.78 is 11.0. The molecule has 1 unspecified atom stereocenters. The van der Waals surface area contributed by atoms with E-state index in [0.717, 1.165) is 57.7 Å². The van der Waals surface area contributed by atoms with Gasteiger partial charge in [0, 0.05) is 18.5 Å². The Labute approximate surface area is 188 Å². The zero-order valence-electron chi connectivity index (χ0n) is 19.8. The molecule has 2 aliphatic carbocycles. The molecule has 2 fully saturated rings. The zero-order chi connectivity index (χ0) is 22.9. The van der Waals surface area contributed by atoms with Gasteiger partial charge in [-0.3, -0.25) is 0 Å². The molecule has 0 spiro atoms. The van der Waals surface area contributed by atoms with E-state index in [2.05, 4.69) is 0 Å². The van der Waals surface area contributed by atoms with Gasteiger partial charge in [-0.2, -0.15) is 0 Å². The molecular weight excluding hydrogens is 417 g/mol. The Bertz CT molecular complexity index is 536. The second-order valence-electron chi connectivity index (χ2n) is 9.56. The van der Waals surface area contributed by atoms with Crippen LogP contribution in [0, 0.1) is 5.41 Å². The van der Waals surface area contributed by atoms with Crippen molar-refractivity contribution < 1.29 is 28.4 Å². The average Bonchev–Trinajstić information content (AvgIpc) is 2.77. The fraction of sp³-hybridized carbons (Fsp3) is 0.913. The van der Waals surface area contributed by atoms with Gasteiger partial charge in [0.15, 0.2) is 0 Å². The van der Waals surface area contributed by atoms with Gasteiger partial charge in [-0.05, 0) is 53.4 Å². The molecule has 0 aliphatic heterocycles. The van der Waals surface area contributed by atoms with Crippen LogP contribution in [0.25, 0.3) is 0 Å². The van der Waals surface area contributed by atoms with E-state index < -0.39 is 25.0 Å². The highest BCUT2D eigenvalue weighted by molar-refractivity contribution is 7.61. The highest BCUT2D eigenvalue weighted by Crippen LogP contribution is 2.60. The first kappa shape index (κ1) is 26.7. The molecule has 0 bridgehead atoms. The molecule has 0 aromatic carbocycles. The molecule has 7 nitrogen and oxygen atoms in total. The van der Waals surface area contributed by atoms with Gasteiger partial charge in [0.05, 0.1) is 18.6 Å². The van der Waals surface area contributed by atoms with Gasteiger partial charge in [-0.25, -0.2) is 13.8 Å². The largest absolute Gasteiger partial charge is 0.631 e. The summed E-state index contributed by atoms with van der Waals surface area (Å²) in [6.45, 7) is 7.19. The number of carbonyl (C=O) groups excluding carboxylic acids is 2. The average molecular weight is 460 g/mol. The van der Waals surface area contributed by atoms with Crippen LogP contribution in [0.1, 0.15) is 98.3 Å². The van der Waals surface area contributed by atoms with Gasteiger partial charge >= 0.3 is 12.3 Å². The van der Waals surface area contributed by atoms with Crippen LogP contribution in [-0.4, -0.2) is 48.3 Å². The zero-order valence-corrected chi connectivity index (χ0v) is 20.7. The van der Waals surface area contributed by atoms with Crippen molar-refractivity contribution in [2.75, 3.05) is 13.2 Å². The number of hydrogen-bond acceptors (Lipinski definition) is 7. The molecule has 0 amide bonds. The van der Waals surface area contributed by atoms with Crippen molar-refractivity contribution in [3.8, 4) is 0 Å². The smallest absolute Gasteiger partial charge is 0.438 e. The minimum absolute atomic E-state index is 0.0514. The van der Waals surface area contributed by atoms with Crippen LogP contribution >= 0.6 is 7.94 Å². The summed E-state index contributed by atoms with van der Waals surface area (Å²) in [6, 6.07) is 0.387. The molecule has 1 radical (unpaired) electrons. The summed E-state index contributed by atoms with van der Waals surface area (Å²) >= 11 is 0. The van der Waals surface area contributed by atoms with E-state index in [1.807, 2.05) is 5.06 Å². The van der Waals surface area contributed by atoms with Gasteiger partial charge in [0.2, 0.25) is 10.5 Å². The molecule has 0 aromatic heterocycles. The lowest BCUT2D eigenvalue weighted by molar-refractivity contribution is -0.236. The first-order valence-electron chi connectivity index (χ1n) is 12.1. The van der Waals surface area contributed by atoms with Crippen molar-refractivity contribution in [2.45, 2.75) is 116 Å². The first-order valence-corrected chi connectivity index (χ1v) is 13.7. The highest BCUT2D eigenvalue weighted by atomic mass is 31.2. The number of hydrogen-bond donors (Lipinski definition) is 0. The lowest BCUT2D eigenvalue weighted by Crippen LogP contribution is -2.49. The van der Waals surface area contributed by atoms with Gasteiger partial charge in [0.1, 0.15) is 0 Å². The molecule has 0 heterocycles. The third-order valence-electron chi connectivity index (χ3n) is 6.37. The van der Waals surface area contributed by atoms with E-state index in [0.29, 0.717) is 0 Å². The van der Waals surface area contributed by atoms with E-state index in [4.69, 9.17) is 13.9 Å². The number of carbonyl (C=O) groups is 2. The van der Waals surface area contributed by atoms with Crippen molar-refractivity contribution in [2.24, 2.45) is 5.41 Å². The van der Waals surface area contributed by atoms with Crippen molar-refractivity contribution in [1.82, 2.24) is 5.06 Å². The fourth-order valence-corrected chi connectivity index (χ4v) is 6.88. The second-order valence-corrected chi connectivity index (χ2v) is 11.8. The SMILES string of the molecule is CCO[P+]([O-])(OCC)C(CC(C)(C)C=[O+])C(=O)ON(C1CCCCC1)C1CCCCC1. The quantitative estimate of drug-likeness (QED) is 0.182. The number of hydroxylamine groups is 2. The van der Waals surface area contributed by atoms with Crippen LogP contribution in [0.15, 0.2) is 0 Å². The van der Waals surface area contributed by atoms with Crippen LogP contribution in [0.3, 0.4) is 0 Å². The summed E-state index contributed by atoms with van der Waals surface area (Å²) in [4.78, 5) is 44.8. The predicted molar refractivity (Wildman–Crippen MR) is 120 cm³/mol. The molecular formula is C23H42NO6P+. The Morgan fingerprint density at radius 3 is 1.87 bits per heavy atom. The summed E-state index contributed by atoms with van der Waals surface area (Å²) in [5, 5.41) is 1.92. The van der Waals surface area contributed by atoms with Crippen LogP contribution in [0.4, 0.5) is 0 Å². The van der Waals surface area contributed by atoms with Gasteiger partial charge in [0.25, 0.3) is 7.94 Å². The van der Waals surface area contributed by atoms with E-state index >= 15 is 0 Å². The molecule has 2 aliphatic rings. The predicted octanol–water partition coefficient (Wildman–Crippen LogP) is 4.59. The van der Waals surface area contributed by atoms with Crippen molar-refractivity contribution in [3.63, 3.8) is 0 Å². The summed E-state index contributed by atoms with van der Waals surface area (Å²) in [7, 11) is -3.79. The molecule has 2 saturated carbocycles. The minimum Gasteiger partial charge on any atom is -0.631 e. The van der Waals surface area contributed by atoms with E-state index in [1.165, 1.54) is 12.8 Å². The van der Waals surface area contributed by atoms with Crippen molar-refractivity contribution >= 4 is 20.2 Å². The van der Waals surface area contributed by atoms with Crippen LogP contribution < -0.4 is 4.89 Å². The third-order valence-corrected chi connectivity index (χ3v) is 8.77. The molecule has 1 atom stereocenters. The maximum absolute atomic E-state index is 13.6. The standard InChI is InChI=1S/C23H42NO6P/c1-5-28-31(27,29-6-2)21(17-23(3,4)18-25)22(26)30-24(19-13-9-7-10-14-19)20-15-11-8-12-16-20/h18-21H,5-17H2,1-4H3/q+1. The Hall–Kier alpha value is -0.590. The number of aldehydes is 1. The Balaban J connectivity index is 2.28. The van der Waals surface area contributed by atoms with Gasteiger partial charge in [-0.15, -0.1) is 5.06 Å². The van der Waals surface area contributed by atoms with Crippen molar-refractivity contribution in [3.05, 3.63) is 0 Å².